The number of rotatable bonds is 6. The fourth-order valence-electron chi connectivity index (χ4n) is 2.06. The average molecular weight is 325 g/mol. The molecule has 1 N–H and O–H groups in total. The van der Waals surface area contributed by atoms with E-state index >= 15 is 0 Å². The van der Waals surface area contributed by atoms with Crippen molar-refractivity contribution >= 4 is 5.91 Å². The third kappa shape index (κ3) is 3.88. The lowest BCUT2D eigenvalue weighted by Gasteiger charge is -2.07. The van der Waals surface area contributed by atoms with Crippen LogP contribution in [0.4, 0.5) is 0 Å². The molecule has 0 saturated heterocycles. The van der Waals surface area contributed by atoms with E-state index < -0.39 is 0 Å². The van der Waals surface area contributed by atoms with E-state index in [0.717, 1.165) is 17.0 Å². The molecule has 0 spiro atoms. The summed E-state index contributed by atoms with van der Waals surface area (Å²) in [4.78, 5) is 20.3. The summed E-state index contributed by atoms with van der Waals surface area (Å²) in [5.74, 6) is 0.579. The molecule has 1 aromatic carbocycles. The van der Waals surface area contributed by atoms with Crippen LogP contribution < -0.4 is 10.1 Å². The SMILES string of the molecule is COc1ccc(-c2cc(CNC(=O)Cn3cnnn3)ncn2)cc1. The Hall–Kier alpha value is -3.36. The van der Waals surface area contributed by atoms with Crippen molar-refractivity contribution in [3.8, 4) is 17.0 Å². The van der Waals surface area contributed by atoms with Crippen molar-refractivity contribution in [2.24, 2.45) is 0 Å². The number of tetrazole rings is 1. The molecular weight excluding hydrogens is 310 g/mol. The fourth-order valence-corrected chi connectivity index (χ4v) is 2.06. The highest BCUT2D eigenvalue weighted by atomic mass is 16.5. The molecule has 0 aliphatic carbocycles. The van der Waals surface area contributed by atoms with Crippen molar-refractivity contribution in [1.82, 2.24) is 35.5 Å². The molecule has 1 amide bonds. The number of ether oxygens (including phenoxy) is 1. The van der Waals surface area contributed by atoms with E-state index in [1.165, 1.54) is 17.3 Å². The maximum absolute atomic E-state index is 11.8. The molecule has 0 unspecified atom stereocenters. The highest BCUT2D eigenvalue weighted by Crippen LogP contribution is 2.20. The van der Waals surface area contributed by atoms with Crippen LogP contribution in [0, 0.1) is 0 Å². The molecule has 24 heavy (non-hydrogen) atoms. The number of carbonyl (C=O) groups excluding carboxylic acids is 1. The summed E-state index contributed by atoms with van der Waals surface area (Å²) in [6.07, 6.45) is 2.86. The van der Waals surface area contributed by atoms with E-state index in [2.05, 4.69) is 30.8 Å². The highest BCUT2D eigenvalue weighted by molar-refractivity contribution is 5.75. The van der Waals surface area contributed by atoms with Gasteiger partial charge in [-0.05, 0) is 40.8 Å². The van der Waals surface area contributed by atoms with Gasteiger partial charge in [0.05, 0.1) is 25.0 Å². The number of amides is 1. The van der Waals surface area contributed by atoms with Crippen LogP contribution >= 0.6 is 0 Å². The third-order valence-corrected chi connectivity index (χ3v) is 3.27. The molecule has 122 valence electrons. The number of nitrogens with zero attached hydrogens (tertiary/aromatic N) is 6. The summed E-state index contributed by atoms with van der Waals surface area (Å²) in [5.41, 5.74) is 2.43. The molecule has 0 aliphatic heterocycles. The van der Waals surface area contributed by atoms with Crippen LogP contribution in [0.3, 0.4) is 0 Å². The summed E-state index contributed by atoms with van der Waals surface area (Å²) >= 11 is 0. The van der Waals surface area contributed by atoms with Gasteiger partial charge < -0.3 is 10.1 Å². The molecule has 3 aromatic rings. The van der Waals surface area contributed by atoms with Crippen molar-refractivity contribution in [3.63, 3.8) is 0 Å². The molecule has 9 heteroatoms. The van der Waals surface area contributed by atoms with Crippen molar-refractivity contribution in [1.29, 1.82) is 0 Å². The lowest BCUT2D eigenvalue weighted by Crippen LogP contribution is -2.27. The summed E-state index contributed by atoms with van der Waals surface area (Å²) < 4.78 is 6.49. The van der Waals surface area contributed by atoms with Crippen LogP contribution in [0.5, 0.6) is 5.75 Å². The van der Waals surface area contributed by atoms with Crippen molar-refractivity contribution < 1.29 is 9.53 Å². The Labute approximate surface area is 137 Å². The minimum Gasteiger partial charge on any atom is -0.497 e. The molecule has 2 heterocycles. The van der Waals surface area contributed by atoms with Crippen LogP contribution in [0.15, 0.2) is 43.0 Å². The molecule has 0 saturated carbocycles. The second-order valence-corrected chi connectivity index (χ2v) is 4.91. The largest absolute Gasteiger partial charge is 0.497 e. The maximum Gasteiger partial charge on any atom is 0.242 e. The van der Waals surface area contributed by atoms with Crippen LogP contribution in [-0.2, 0) is 17.9 Å². The molecule has 0 bridgehead atoms. The van der Waals surface area contributed by atoms with E-state index in [1.54, 1.807) is 7.11 Å². The zero-order valence-electron chi connectivity index (χ0n) is 13.0. The van der Waals surface area contributed by atoms with Gasteiger partial charge in [-0.15, -0.1) is 5.10 Å². The van der Waals surface area contributed by atoms with Gasteiger partial charge in [-0.2, -0.15) is 0 Å². The average Bonchev–Trinajstić information content (AvgIpc) is 3.13. The van der Waals surface area contributed by atoms with Gasteiger partial charge in [-0.3, -0.25) is 4.79 Å². The topological polar surface area (TPSA) is 108 Å². The first kappa shape index (κ1) is 15.5. The van der Waals surface area contributed by atoms with E-state index in [-0.39, 0.29) is 12.5 Å². The first-order valence-corrected chi connectivity index (χ1v) is 7.17. The first-order valence-electron chi connectivity index (χ1n) is 7.17. The number of carbonyl (C=O) groups is 1. The quantitative estimate of drug-likeness (QED) is 0.701. The van der Waals surface area contributed by atoms with Crippen LogP contribution in [-0.4, -0.2) is 43.2 Å². The van der Waals surface area contributed by atoms with E-state index in [9.17, 15) is 4.79 Å². The monoisotopic (exact) mass is 325 g/mol. The van der Waals surface area contributed by atoms with Gasteiger partial charge in [0.1, 0.15) is 24.9 Å². The second kappa shape index (κ2) is 7.27. The van der Waals surface area contributed by atoms with Gasteiger partial charge in [0.15, 0.2) is 0 Å². The minimum atomic E-state index is -0.202. The third-order valence-electron chi connectivity index (χ3n) is 3.27. The molecule has 0 fully saturated rings. The number of benzene rings is 1. The predicted octanol–water partition coefficient (Wildman–Crippen LogP) is 0.455. The van der Waals surface area contributed by atoms with Gasteiger partial charge in [0, 0.05) is 5.56 Å². The molecule has 0 atom stereocenters. The van der Waals surface area contributed by atoms with Crippen LogP contribution in [0.1, 0.15) is 5.69 Å². The van der Waals surface area contributed by atoms with Gasteiger partial charge >= 0.3 is 0 Å². The number of hydrogen-bond acceptors (Lipinski definition) is 7. The van der Waals surface area contributed by atoms with Crippen molar-refractivity contribution in [2.45, 2.75) is 13.1 Å². The first-order chi connectivity index (χ1) is 11.7. The molecule has 0 radical (unpaired) electrons. The Balaban J connectivity index is 1.63. The Morgan fingerprint density at radius 1 is 1.25 bits per heavy atom. The Bertz CT molecular complexity index is 803. The summed E-state index contributed by atoms with van der Waals surface area (Å²) in [6, 6.07) is 9.40. The van der Waals surface area contributed by atoms with Crippen LogP contribution in [0.2, 0.25) is 0 Å². The standard InChI is InChI=1S/C15H15N7O2/c1-24-13-4-2-11(3-5-13)14-6-12(17-9-18-14)7-16-15(23)8-22-10-19-20-21-22/h2-6,9-10H,7-8H2,1H3,(H,16,23). The minimum absolute atomic E-state index is 0.0589. The molecular formula is C15H15N7O2. The van der Waals surface area contributed by atoms with Crippen molar-refractivity contribution in [3.05, 3.63) is 48.7 Å². The van der Waals surface area contributed by atoms with E-state index in [4.69, 9.17) is 4.74 Å². The lowest BCUT2D eigenvalue weighted by atomic mass is 10.1. The fraction of sp³-hybridized carbons (Fsp3) is 0.200. The number of methoxy groups -OCH3 is 1. The summed E-state index contributed by atoms with van der Waals surface area (Å²) in [7, 11) is 1.62. The maximum atomic E-state index is 11.8. The zero-order valence-corrected chi connectivity index (χ0v) is 13.0. The van der Waals surface area contributed by atoms with Gasteiger partial charge in [-0.1, -0.05) is 0 Å². The van der Waals surface area contributed by atoms with E-state index in [1.807, 2.05) is 30.3 Å². The second-order valence-electron chi connectivity index (χ2n) is 4.91. The normalized spacial score (nSPS) is 10.4. The van der Waals surface area contributed by atoms with Gasteiger partial charge in [0.2, 0.25) is 5.91 Å². The van der Waals surface area contributed by atoms with Crippen molar-refractivity contribution in [2.75, 3.05) is 7.11 Å². The number of hydrogen-bond donors (Lipinski definition) is 1. The van der Waals surface area contributed by atoms with Gasteiger partial charge in [-0.25, -0.2) is 14.6 Å². The molecule has 2 aromatic heterocycles. The van der Waals surface area contributed by atoms with E-state index in [0.29, 0.717) is 12.2 Å². The Kier molecular flexibility index (Phi) is 4.70. The lowest BCUT2D eigenvalue weighted by molar-refractivity contribution is -0.122. The molecule has 3 rings (SSSR count). The van der Waals surface area contributed by atoms with Gasteiger partial charge in [0.25, 0.3) is 0 Å². The Morgan fingerprint density at radius 3 is 2.79 bits per heavy atom. The predicted molar refractivity (Wildman–Crippen MR) is 83.7 cm³/mol. The zero-order chi connectivity index (χ0) is 16.8. The molecule has 9 nitrogen and oxygen atoms in total. The van der Waals surface area contributed by atoms with Crippen LogP contribution in [0.25, 0.3) is 11.3 Å². The summed E-state index contributed by atoms with van der Waals surface area (Å²) in [6.45, 7) is 0.357. The number of aromatic nitrogens is 6. The number of nitrogens with one attached hydrogen (secondary N) is 1. The smallest absolute Gasteiger partial charge is 0.242 e. The molecule has 0 aliphatic rings. The summed E-state index contributed by atoms with van der Waals surface area (Å²) in [5, 5.41) is 13.4. The highest BCUT2D eigenvalue weighted by Gasteiger charge is 2.06. The Morgan fingerprint density at radius 2 is 2.08 bits per heavy atom.